The molecule has 4 heteroatoms. The van der Waals surface area contributed by atoms with Crippen LogP contribution in [0.2, 0.25) is 0 Å². The van der Waals surface area contributed by atoms with E-state index in [4.69, 9.17) is 4.98 Å². The molecule has 1 unspecified atom stereocenters. The van der Waals surface area contributed by atoms with Crippen molar-refractivity contribution >= 4 is 28.4 Å². The second-order valence-electron chi connectivity index (χ2n) is 6.91. The Labute approximate surface area is 143 Å². The Morgan fingerprint density at radius 1 is 1.17 bits per heavy atom. The smallest absolute Gasteiger partial charge is 0.208 e. The van der Waals surface area contributed by atoms with Crippen LogP contribution < -0.4 is 9.80 Å². The van der Waals surface area contributed by atoms with E-state index >= 15 is 0 Å². The highest BCUT2D eigenvalue weighted by atomic mass is 15.2. The number of anilines is 3. The lowest BCUT2D eigenvalue weighted by atomic mass is 9.96. The van der Waals surface area contributed by atoms with E-state index < -0.39 is 0 Å². The Morgan fingerprint density at radius 3 is 2.67 bits per heavy atom. The first-order chi connectivity index (χ1) is 11.5. The van der Waals surface area contributed by atoms with Gasteiger partial charge in [-0.1, -0.05) is 17.7 Å². The molecular formula is C20H24N4. The Bertz CT molecular complexity index is 879. The molecule has 0 saturated carbocycles. The first kappa shape index (κ1) is 15.1. The number of aryl methyl sites for hydroxylation is 2. The quantitative estimate of drug-likeness (QED) is 0.759. The summed E-state index contributed by atoms with van der Waals surface area (Å²) in [6.45, 7) is 4.39. The predicted octanol–water partition coefficient (Wildman–Crippen LogP) is 4.41. The largest absolute Gasteiger partial charge is 0.372 e. The molecule has 1 N–H and O–H groups in total. The van der Waals surface area contributed by atoms with Gasteiger partial charge in [0.2, 0.25) is 5.95 Å². The molecule has 3 aromatic rings. The van der Waals surface area contributed by atoms with Gasteiger partial charge in [-0.3, -0.25) is 0 Å². The maximum absolute atomic E-state index is 4.93. The molecule has 2 aromatic carbocycles. The maximum atomic E-state index is 4.93. The minimum Gasteiger partial charge on any atom is -0.372 e. The molecule has 0 fully saturated rings. The number of rotatable bonds is 2. The zero-order valence-corrected chi connectivity index (χ0v) is 14.8. The number of hydrogen-bond donors (Lipinski definition) is 1. The predicted molar refractivity (Wildman–Crippen MR) is 102 cm³/mol. The molecule has 0 spiro atoms. The molecule has 0 aliphatic carbocycles. The van der Waals surface area contributed by atoms with Crippen molar-refractivity contribution in [3.63, 3.8) is 0 Å². The van der Waals surface area contributed by atoms with Crippen molar-refractivity contribution in [2.75, 3.05) is 23.9 Å². The highest BCUT2D eigenvalue weighted by molar-refractivity contribution is 5.87. The third-order valence-corrected chi connectivity index (χ3v) is 5.31. The molecule has 124 valence electrons. The average Bonchev–Trinajstić information content (AvgIpc) is 3.02. The Kier molecular flexibility index (Phi) is 3.48. The van der Waals surface area contributed by atoms with E-state index in [2.05, 4.69) is 79.1 Å². The van der Waals surface area contributed by atoms with Crippen molar-refractivity contribution in [2.45, 2.75) is 32.7 Å². The zero-order chi connectivity index (χ0) is 16.8. The third kappa shape index (κ3) is 2.33. The van der Waals surface area contributed by atoms with E-state index in [-0.39, 0.29) is 0 Å². The van der Waals surface area contributed by atoms with Gasteiger partial charge < -0.3 is 14.8 Å². The van der Waals surface area contributed by atoms with Crippen molar-refractivity contribution in [3.05, 3.63) is 47.5 Å². The normalized spacial score (nSPS) is 17.2. The highest BCUT2D eigenvalue weighted by Crippen LogP contribution is 2.35. The van der Waals surface area contributed by atoms with Crippen LogP contribution in [0.5, 0.6) is 0 Å². The molecule has 1 atom stereocenters. The van der Waals surface area contributed by atoms with Gasteiger partial charge in [0.25, 0.3) is 0 Å². The molecule has 4 rings (SSSR count). The molecule has 24 heavy (non-hydrogen) atoms. The van der Waals surface area contributed by atoms with Crippen LogP contribution in [0.3, 0.4) is 0 Å². The summed E-state index contributed by atoms with van der Waals surface area (Å²) in [5.74, 6) is 0.892. The van der Waals surface area contributed by atoms with Gasteiger partial charge in [-0.2, -0.15) is 0 Å². The second kappa shape index (κ2) is 5.55. The summed E-state index contributed by atoms with van der Waals surface area (Å²) in [6.07, 6.45) is 2.27. The van der Waals surface area contributed by atoms with Crippen LogP contribution in [0, 0.1) is 6.92 Å². The van der Waals surface area contributed by atoms with Gasteiger partial charge in [0.1, 0.15) is 0 Å². The van der Waals surface area contributed by atoms with Crippen LogP contribution >= 0.6 is 0 Å². The van der Waals surface area contributed by atoms with Crippen LogP contribution in [0.15, 0.2) is 36.4 Å². The van der Waals surface area contributed by atoms with Crippen molar-refractivity contribution in [3.8, 4) is 0 Å². The van der Waals surface area contributed by atoms with Crippen molar-refractivity contribution in [1.29, 1.82) is 0 Å². The Balaban J connectivity index is 1.77. The number of imidazole rings is 1. The second-order valence-corrected chi connectivity index (χ2v) is 6.91. The summed E-state index contributed by atoms with van der Waals surface area (Å²) in [5.41, 5.74) is 7.32. The number of aromatic nitrogens is 2. The zero-order valence-electron chi connectivity index (χ0n) is 14.8. The maximum Gasteiger partial charge on any atom is 0.208 e. The number of nitrogens with zero attached hydrogens (tertiary/aromatic N) is 3. The molecule has 0 amide bonds. The molecular weight excluding hydrogens is 296 g/mol. The Morgan fingerprint density at radius 2 is 1.92 bits per heavy atom. The van der Waals surface area contributed by atoms with Crippen molar-refractivity contribution in [2.24, 2.45) is 0 Å². The van der Waals surface area contributed by atoms with Crippen LogP contribution in [-0.4, -0.2) is 30.1 Å². The van der Waals surface area contributed by atoms with E-state index in [0.717, 1.165) is 29.1 Å². The number of hydrogen-bond acceptors (Lipinski definition) is 3. The van der Waals surface area contributed by atoms with E-state index in [9.17, 15) is 0 Å². The van der Waals surface area contributed by atoms with Crippen molar-refractivity contribution < 1.29 is 0 Å². The van der Waals surface area contributed by atoms with Gasteiger partial charge in [0, 0.05) is 37.1 Å². The van der Waals surface area contributed by atoms with E-state index in [0.29, 0.717) is 6.04 Å². The molecule has 1 aromatic heterocycles. The molecule has 1 aliphatic rings. The first-order valence-electron chi connectivity index (χ1n) is 8.59. The fourth-order valence-corrected chi connectivity index (χ4v) is 3.52. The van der Waals surface area contributed by atoms with Crippen molar-refractivity contribution in [1.82, 2.24) is 9.97 Å². The molecule has 1 aliphatic heterocycles. The molecule has 2 heterocycles. The number of aromatic amines is 1. The number of fused-ring (bicyclic) bond motifs is 3. The fourth-order valence-electron chi connectivity index (χ4n) is 3.52. The van der Waals surface area contributed by atoms with Gasteiger partial charge in [-0.15, -0.1) is 0 Å². The van der Waals surface area contributed by atoms with Gasteiger partial charge in [-0.05, 0) is 51.0 Å². The summed E-state index contributed by atoms with van der Waals surface area (Å²) in [7, 11) is 4.24. The molecule has 0 radical (unpaired) electrons. The van der Waals surface area contributed by atoms with Gasteiger partial charge in [0.05, 0.1) is 11.0 Å². The average molecular weight is 320 g/mol. The van der Waals surface area contributed by atoms with Crippen LogP contribution in [0.25, 0.3) is 11.0 Å². The topological polar surface area (TPSA) is 35.2 Å². The highest BCUT2D eigenvalue weighted by Gasteiger charge is 2.23. The third-order valence-electron chi connectivity index (χ3n) is 5.31. The standard InChI is InChI=1S/C20H24N4/c1-13-5-8-15(9-6-13)24(4)20-21-17-11-12-18-16(19(17)22-20)10-7-14(2)23(18)3/h5-6,8-9,11-12,14H,7,10H2,1-4H3,(H,21,22). The Hall–Kier alpha value is -2.49. The molecule has 0 bridgehead atoms. The minimum atomic E-state index is 0.587. The summed E-state index contributed by atoms with van der Waals surface area (Å²) >= 11 is 0. The summed E-state index contributed by atoms with van der Waals surface area (Å²) < 4.78 is 0. The lowest BCUT2D eigenvalue weighted by Crippen LogP contribution is -2.33. The van der Waals surface area contributed by atoms with E-state index in [1.165, 1.54) is 23.2 Å². The monoisotopic (exact) mass is 320 g/mol. The molecule has 0 saturated heterocycles. The van der Waals surface area contributed by atoms with Crippen LogP contribution in [-0.2, 0) is 6.42 Å². The number of benzene rings is 2. The van der Waals surface area contributed by atoms with Gasteiger partial charge in [-0.25, -0.2) is 4.98 Å². The van der Waals surface area contributed by atoms with Crippen LogP contribution in [0.4, 0.5) is 17.3 Å². The van der Waals surface area contributed by atoms with Gasteiger partial charge in [0.15, 0.2) is 0 Å². The first-order valence-corrected chi connectivity index (χ1v) is 8.59. The summed E-state index contributed by atoms with van der Waals surface area (Å²) in [4.78, 5) is 12.9. The van der Waals surface area contributed by atoms with Gasteiger partial charge >= 0.3 is 0 Å². The lowest BCUT2D eigenvalue weighted by Gasteiger charge is -2.33. The van der Waals surface area contributed by atoms with E-state index in [1.807, 2.05) is 0 Å². The minimum absolute atomic E-state index is 0.587. The number of H-pyrrole nitrogens is 1. The lowest BCUT2D eigenvalue weighted by molar-refractivity contribution is 0.600. The fraction of sp³-hybridized carbons (Fsp3) is 0.350. The van der Waals surface area contributed by atoms with Crippen LogP contribution in [0.1, 0.15) is 24.5 Å². The summed E-state index contributed by atoms with van der Waals surface area (Å²) in [6, 6.07) is 13.5. The number of nitrogens with one attached hydrogen (secondary N) is 1. The SMILES string of the molecule is Cc1ccc(N(C)c2nc3c4c(ccc3[nH]2)N(C)C(C)CC4)cc1. The summed E-state index contributed by atoms with van der Waals surface area (Å²) in [5, 5.41) is 0. The molecule has 4 nitrogen and oxygen atoms in total. The van der Waals surface area contributed by atoms with E-state index in [1.54, 1.807) is 0 Å².